The maximum Gasteiger partial charge on any atom is 0.270 e. The van der Waals surface area contributed by atoms with Crippen molar-refractivity contribution in [2.24, 2.45) is 4.99 Å². The molecule has 0 amide bonds. The fourth-order valence-electron chi connectivity index (χ4n) is 0.994. The first-order valence-corrected chi connectivity index (χ1v) is 5.24. The Bertz CT molecular complexity index is 460. The Morgan fingerprint density at radius 1 is 1.67 bits per heavy atom. The van der Waals surface area contributed by atoms with Gasteiger partial charge in [-0.25, -0.2) is 4.90 Å². The quantitative estimate of drug-likeness (QED) is 0.402. The second-order valence-corrected chi connectivity index (χ2v) is 4.12. The van der Waals surface area contributed by atoms with Crippen LogP contribution in [0.2, 0.25) is 0 Å². The number of nitrogens with zero attached hydrogens (tertiary/aromatic N) is 3. The lowest BCUT2D eigenvalue weighted by Gasteiger charge is -2.23. The van der Waals surface area contributed by atoms with Crippen LogP contribution in [-0.2, 0) is 10.1 Å². The molecule has 0 radical (unpaired) electrons. The summed E-state index contributed by atoms with van der Waals surface area (Å²) in [5, 5.41) is 26.7. The van der Waals surface area contributed by atoms with Gasteiger partial charge in [0.25, 0.3) is 10.1 Å². The smallest absolute Gasteiger partial charge is 0.270 e. The summed E-state index contributed by atoms with van der Waals surface area (Å²) in [4.78, 5) is 3.74. The van der Waals surface area contributed by atoms with Gasteiger partial charge in [0.15, 0.2) is 6.19 Å². The van der Waals surface area contributed by atoms with Gasteiger partial charge in [-0.1, -0.05) is 0 Å². The summed E-state index contributed by atoms with van der Waals surface area (Å²) in [5.41, 5.74) is -0.264. The van der Waals surface area contributed by atoms with E-state index in [4.69, 9.17) is 20.0 Å². The number of aliphatic hydroxyl groups excluding tert-OH is 2. The lowest BCUT2D eigenvalue weighted by atomic mass is 10.3. The first kappa shape index (κ1) is 11.4. The van der Waals surface area contributed by atoms with Crippen LogP contribution in [0.15, 0.2) is 16.8 Å². The van der Waals surface area contributed by atoms with E-state index in [1.165, 1.54) is 6.19 Å². The predicted octanol–water partition coefficient (Wildman–Crippen LogP) is -1.21. The Morgan fingerprint density at radius 3 is 2.73 bits per heavy atom. The molecule has 0 spiro atoms. The maximum atomic E-state index is 10.5. The second-order valence-electron chi connectivity index (χ2n) is 2.67. The molecular formula is C6H7N3O5S. The third kappa shape index (κ3) is 2.91. The summed E-state index contributed by atoms with van der Waals surface area (Å²) in [6.45, 7) is 0. The van der Waals surface area contributed by atoms with Crippen molar-refractivity contribution in [2.45, 2.75) is 6.35 Å². The molecule has 8 nitrogen and oxygen atoms in total. The number of nitriles is 1. The van der Waals surface area contributed by atoms with E-state index < -0.39 is 28.1 Å². The van der Waals surface area contributed by atoms with Gasteiger partial charge < -0.3 is 10.2 Å². The Kier molecular flexibility index (Phi) is 2.94. The van der Waals surface area contributed by atoms with Crippen LogP contribution in [0.4, 0.5) is 0 Å². The van der Waals surface area contributed by atoms with Gasteiger partial charge in [0, 0.05) is 6.08 Å². The number of aliphatic hydroxyl groups is 2. The summed E-state index contributed by atoms with van der Waals surface area (Å²) in [5.74, 6) is -1.51. The van der Waals surface area contributed by atoms with Crippen LogP contribution in [0.25, 0.3) is 0 Å². The summed E-state index contributed by atoms with van der Waals surface area (Å²) >= 11 is 0. The van der Waals surface area contributed by atoms with E-state index in [9.17, 15) is 8.42 Å². The van der Waals surface area contributed by atoms with E-state index in [1.807, 2.05) is 0 Å². The Labute approximate surface area is 85.1 Å². The van der Waals surface area contributed by atoms with Crippen molar-refractivity contribution in [3.05, 3.63) is 11.8 Å². The average Bonchev–Trinajstić information content (AvgIpc) is 1.99. The van der Waals surface area contributed by atoms with Gasteiger partial charge in [0.2, 0.25) is 12.2 Å². The molecule has 82 valence electrons. The van der Waals surface area contributed by atoms with Crippen molar-refractivity contribution >= 4 is 16.0 Å². The average molecular weight is 233 g/mol. The van der Waals surface area contributed by atoms with Crippen LogP contribution in [-0.4, -0.2) is 46.1 Å². The van der Waals surface area contributed by atoms with E-state index in [1.54, 1.807) is 0 Å². The largest absolute Gasteiger partial charge is 0.493 e. The zero-order chi connectivity index (χ0) is 11.6. The number of hydrogen-bond donors (Lipinski definition) is 3. The molecule has 1 heterocycles. The van der Waals surface area contributed by atoms with Crippen molar-refractivity contribution in [2.75, 3.05) is 5.75 Å². The van der Waals surface area contributed by atoms with E-state index in [2.05, 4.69) is 4.99 Å². The van der Waals surface area contributed by atoms with Gasteiger partial charge in [0.05, 0.1) is 5.70 Å². The lowest BCUT2D eigenvalue weighted by Crippen LogP contribution is -2.35. The fourth-order valence-corrected chi connectivity index (χ4v) is 1.59. The normalized spacial score (nSPS) is 21.7. The van der Waals surface area contributed by atoms with Gasteiger partial charge in [0.1, 0.15) is 5.75 Å². The SMILES string of the molecule is N#CN1C(CS(=O)(=O)O)=CC(O)=NC1O. The van der Waals surface area contributed by atoms with Crippen LogP contribution < -0.4 is 0 Å². The number of hydrogen-bond acceptors (Lipinski definition) is 6. The standard InChI is InChI=1S/C6H7N3O5S/c7-3-9-4(2-15(12,13)14)1-5(10)8-6(9)11/h1,6,11H,2H2,(H,8,10)(H,12,13,14). The maximum absolute atomic E-state index is 10.5. The topological polar surface area (TPSA) is 134 Å². The van der Waals surface area contributed by atoms with E-state index in [0.717, 1.165) is 6.08 Å². The minimum Gasteiger partial charge on any atom is -0.493 e. The van der Waals surface area contributed by atoms with Gasteiger partial charge in [-0.05, 0) is 0 Å². The third-order valence-electron chi connectivity index (χ3n) is 1.52. The Morgan fingerprint density at radius 2 is 2.27 bits per heavy atom. The van der Waals surface area contributed by atoms with Crippen LogP contribution in [0.1, 0.15) is 0 Å². The molecule has 9 heteroatoms. The first-order valence-electron chi connectivity index (χ1n) is 3.63. The molecule has 15 heavy (non-hydrogen) atoms. The molecule has 1 unspecified atom stereocenters. The monoisotopic (exact) mass is 233 g/mol. The molecule has 0 aromatic rings. The summed E-state index contributed by atoms with van der Waals surface area (Å²) in [6.07, 6.45) is 0.649. The molecule has 0 fully saturated rings. The molecule has 0 aliphatic carbocycles. The minimum absolute atomic E-state index is 0.264. The van der Waals surface area contributed by atoms with Crippen LogP contribution in [0.3, 0.4) is 0 Å². The summed E-state index contributed by atoms with van der Waals surface area (Å²) in [7, 11) is -4.35. The van der Waals surface area contributed by atoms with Crippen LogP contribution in [0.5, 0.6) is 0 Å². The Balaban J connectivity index is 3.04. The van der Waals surface area contributed by atoms with Crippen molar-refractivity contribution in [1.82, 2.24) is 4.90 Å². The molecule has 1 aliphatic rings. The van der Waals surface area contributed by atoms with E-state index in [0.29, 0.717) is 4.90 Å². The molecule has 0 aromatic heterocycles. The molecule has 1 rings (SSSR count). The molecule has 0 saturated heterocycles. The second kappa shape index (κ2) is 3.85. The summed E-state index contributed by atoms with van der Waals surface area (Å²) in [6, 6.07) is 0. The molecule has 0 saturated carbocycles. The van der Waals surface area contributed by atoms with Gasteiger partial charge in [-0.3, -0.25) is 4.55 Å². The van der Waals surface area contributed by atoms with Crippen LogP contribution >= 0.6 is 0 Å². The van der Waals surface area contributed by atoms with Crippen molar-refractivity contribution in [1.29, 1.82) is 5.26 Å². The molecular weight excluding hydrogens is 226 g/mol. The highest BCUT2D eigenvalue weighted by Crippen LogP contribution is 2.14. The van der Waals surface area contributed by atoms with Crippen molar-refractivity contribution in [3.8, 4) is 6.19 Å². The highest BCUT2D eigenvalue weighted by molar-refractivity contribution is 7.85. The Hall–Kier alpha value is -1.63. The first-order chi connectivity index (χ1) is 6.83. The van der Waals surface area contributed by atoms with Gasteiger partial charge >= 0.3 is 0 Å². The zero-order valence-corrected chi connectivity index (χ0v) is 8.09. The zero-order valence-electron chi connectivity index (χ0n) is 7.27. The summed E-state index contributed by atoms with van der Waals surface area (Å²) < 4.78 is 29.6. The minimum atomic E-state index is -4.35. The van der Waals surface area contributed by atoms with Gasteiger partial charge in [-0.2, -0.15) is 18.7 Å². The van der Waals surface area contributed by atoms with E-state index >= 15 is 0 Å². The third-order valence-corrected chi connectivity index (χ3v) is 2.18. The van der Waals surface area contributed by atoms with Crippen molar-refractivity contribution < 1.29 is 23.2 Å². The highest BCUT2D eigenvalue weighted by Gasteiger charge is 2.26. The molecule has 1 atom stereocenters. The number of rotatable bonds is 2. The fraction of sp³-hybridized carbons (Fsp3) is 0.333. The van der Waals surface area contributed by atoms with E-state index in [-0.39, 0.29) is 5.70 Å². The highest BCUT2D eigenvalue weighted by atomic mass is 32.2. The predicted molar refractivity (Wildman–Crippen MR) is 48.0 cm³/mol. The molecule has 0 aromatic carbocycles. The van der Waals surface area contributed by atoms with Gasteiger partial charge in [-0.15, -0.1) is 0 Å². The van der Waals surface area contributed by atoms with Crippen LogP contribution in [0, 0.1) is 11.5 Å². The lowest BCUT2D eigenvalue weighted by molar-refractivity contribution is 0.0702. The number of aliphatic imine (C=N–C) groups is 1. The van der Waals surface area contributed by atoms with Crippen molar-refractivity contribution in [3.63, 3.8) is 0 Å². The molecule has 3 N–H and O–H groups in total. The molecule has 1 aliphatic heterocycles. The molecule has 0 bridgehead atoms.